The van der Waals surface area contributed by atoms with E-state index in [0.717, 1.165) is 6.42 Å². The number of anilines is 1. The molecule has 0 radical (unpaired) electrons. The Morgan fingerprint density at radius 2 is 2.17 bits per heavy atom. The van der Waals surface area contributed by atoms with E-state index in [9.17, 15) is 14.4 Å². The fraction of sp³-hybridized carbons (Fsp3) is 0.471. The predicted octanol–water partition coefficient (Wildman–Crippen LogP) is 1.39. The van der Waals surface area contributed by atoms with Crippen molar-refractivity contribution < 1.29 is 19.1 Å². The molecule has 2 amide bonds. The number of carbonyl (C=O) groups excluding carboxylic acids is 3. The van der Waals surface area contributed by atoms with Crippen LogP contribution in [0.15, 0.2) is 24.3 Å². The number of benzene rings is 1. The summed E-state index contributed by atoms with van der Waals surface area (Å²) in [5.41, 5.74) is 1.22. The number of hydrogen-bond acceptors (Lipinski definition) is 4. The molecule has 1 aliphatic rings. The maximum absolute atomic E-state index is 12.2. The van der Waals surface area contributed by atoms with E-state index in [1.54, 1.807) is 36.3 Å². The number of ketones is 1. The third-order valence-corrected chi connectivity index (χ3v) is 3.88. The van der Waals surface area contributed by atoms with Crippen LogP contribution in [0.25, 0.3) is 0 Å². The van der Waals surface area contributed by atoms with Gasteiger partial charge in [-0.25, -0.2) is 0 Å². The van der Waals surface area contributed by atoms with Gasteiger partial charge in [-0.1, -0.05) is 12.1 Å². The van der Waals surface area contributed by atoms with Crippen LogP contribution >= 0.6 is 0 Å². The third kappa shape index (κ3) is 4.39. The number of Topliss-reactive ketones (excluding diaryl/α,β-unsaturated/α-hetero) is 1. The molecule has 1 aromatic rings. The van der Waals surface area contributed by atoms with Gasteiger partial charge in [0.2, 0.25) is 11.8 Å². The van der Waals surface area contributed by atoms with Crippen LogP contribution in [0.4, 0.5) is 5.69 Å². The molecular formula is C17H22N2O4. The Hall–Kier alpha value is -2.21. The summed E-state index contributed by atoms with van der Waals surface area (Å²) < 4.78 is 4.93. The standard InChI is InChI=1S/C17H22N2O4/c1-12(20)13-5-3-6-15(9-13)19-11-14(10-16(19)21)17(22)18-7-4-8-23-2/h3,5-6,9,14H,4,7-8,10-11H2,1-2H3,(H,18,22). The van der Waals surface area contributed by atoms with Gasteiger partial charge in [0.1, 0.15) is 0 Å². The summed E-state index contributed by atoms with van der Waals surface area (Å²) in [6.45, 7) is 2.96. The molecule has 1 fully saturated rings. The van der Waals surface area contributed by atoms with Gasteiger partial charge in [-0.3, -0.25) is 14.4 Å². The van der Waals surface area contributed by atoms with E-state index in [4.69, 9.17) is 4.74 Å². The van der Waals surface area contributed by atoms with Crippen molar-refractivity contribution in [1.29, 1.82) is 0 Å². The highest BCUT2D eigenvalue weighted by Crippen LogP contribution is 2.26. The zero-order chi connectivity index (χ0) is 16.8. The minimum absolute atomic E-state index is 0.0501. The molecule has 2 rings (SSSR count). The molecule has 1 aliphatic heterocycles. The van der Waals surface area contributed by atoms with Crippen molar-refractivity contribution in [2.45, 2.75) is 19.8 Å². The number of methoxy groups -OCH3 is 1. The zero-order valence-corrected chi connectivity index (χ0v) is 13.5. The van der Waals surface area contributed by atoms with Crippen LogP contribution in [-0.2, 0) is 14.3 Å². The first kappa shape index (κ1) is 17.1. The summed E-state index contributed by atoms with van der Waals surface area (Å²) in [6, 6.07) is 6.94. The Labute approximate surface area is 135 Å². The lowest BCUT2D eigenvalue weighted by Crippen LogP contribution is -2.33. The van der Waals surface area contributed by atoms with Gasteiger partial charge in [0, 0.05) is 44.5 Å². The van der Waals surface area contributed by atoms with Crippen molar-refractivity contribution in [2.24, 2.45) is 5.92 Å². The predicted molar refractivity (Wildman–Crippen MR) is 86.4 cm³/mol. The molecule has 0 saturated carbocycles. The topological polar surface area (TPSA) is 75.7 Å². The number of hydrogen-bond donors (Lipinski definition) is 1. The molecule has 124 valence electrons. The highest BCUT2D eigenvalue weighted by Gasteiger charge is 2.35. The molecule has 23 heavy (non-hydrogen) atoms. The molecule has 0 aliphatic carbocycles. The Balaban J connectivity index is 1.98. The summed E-state index contributed by atoms with van der Waals surface area (Å²) in [5, 5.41) is 2.83. The second-order valence-corrected chi connectivity index (χ2v) is 5.65. The molecule has 1 unspecified atom stereocenters. The number of ether oxygens (including phenoxy) is 1. The van der Waals surface area contributed by atoms with Crippen molar-refractivity contribution in [3.63, 3.8) is 0 Å². The highest BCUT2D eigenvalue weighted by molar-refractivity contribution is 6.02. The molecule has 6 nitrogen and oxygen atoms in total. The Kier molecular flexibility index (Phi) is 5.87. The molecule has 1 aromatic carbocycles. The number of carbonyl (C=O) groups is 3. The molecule has 0 bridgehead atoms. The maximum atomic E-state index is 12.2. The average Bonchev–Trinajstić information content (AvgIpc) is 2.93. The van der Waals surface area contributed by atoms with Crippen molar-refractivity contribution in [2.75, 3.05) is 31.7 Å². The molecule has 1 saturated heterocycles. The zero-order valence-electron chi connectivity index (χ0n) is 13.5. The van der Waals surface area contributed by atoms with Gasteiger partial charge < -0.3 is 15.0 Å². The van der Waals surface area contributed by atoms with Gasteiger partial charge in [0.05, 0.1) is 5.92 Å². The van der Waals surface area contributed by atoms with Crippen molar-refractivity contribution in [3.8, 4) is 0 Å². The number of nitrogens with zero attached hydrogens (tertiary/aromatic N) is 1. The molecule has 1 N–H and O–H groups in total. The first-order chi connectivity index (χ1) is 11.0. The monoisotopic (exact) mass is 318 g/mol. The summed E-state index contributed by atoms with van der Waals surface area (Å²) >= 11 is 0. The maximum Gasteiger partial charge on any atom is 0.227 e. The summed E-state index contributed by atoms with van der Waals surface area (Å²) in [4.78, 5) is 37.3. The fourth-order valence-electron chi connectivity index (χ4n) is 2.60. The van der Waals surface area contributed by atoms with Crippen LogP contribution in [0.5, 0.6) is 0 Å². The smallest absolute Gasteiger partial charge is 0.227 e. The number of amides is 2. The lowest BCUT2D eigenvalue weighted by Gasteiger charge is -2.17. The van der Waals surface area contributed by atoms with E-state index in [0.29, 0.717) is 30.9 Å². The first-order valence-electron chi connectivity index (χ1n) is 7.71. The molecule has 6 heteroatoms. The van der Waals surface area contributed by atoms with Gasteiger partial charge in [0.25, 0.3) is 0 Å². The van der Waals surface area contributed by atoms with Gasteiger partial charge in [0.15, 0.2) is 5.78 Å². The second-order valence-electron chi connectivity index (χ2n) is 5.65. The summed E-state index contributed by atoms with van der Waals surface area (Å²) in [7, 11) is 1.62. The Morgan fingerprint density at radius 3 is 2.87 bits per heavy atom. The van der Waals surface area contributed by atoms with E-state index >= 15 is 0 Å². The first-order valence-corrected chi connectivity index (χ1v) is 7.71. The quantitative estimate of drug-likeness (QED) is 0.609. The van der Waals surface area contributed by atoms with Crippen LogP contribution in [0.1, 0.15) is 30.1 Å². The van der Waals surface area contributed by atoms with Gasteiger partial charge in [-0.15, -0.1) is 0 Å². The molecule has 1 heterocycles. The number of rotatable bonds is 7. The molecule has 0 aromatic heterocycles. The number of nitrogens with one attached hydrogen (secondary N) is 1. The van der Waals surface area contributed by atoms with Crippen LogP contribution in [-0.4, -0.2) is 44.4 Å². The van der Waals surface area contributed by atoms with Crippen LogP contribution < -0.4 is 10.2 Å². The lowest BCUT2D eigenvalue weighted by atomic mass is 10.1. The van der Waals surface area contributed by atoms with Crippen molar-refractivity contribution in [3.05, 3.63) is 29.8 Å². The third-order valence-electron chi connectivity index (χ3n) is 3.88. The van der Waals surface area contributed by atoms with E-state index < -0.39 is 0 Å². The Morgan fingerprint density at radius 1 is 1.39 bits per heavy atom. The Bertz CT molecular complexity index is 600. The minimum atomic E-state index is -0.356. The largest absolute Gasteiger partial charge is 0.385 e. The second kappa shape index (κ2) is 7.87. The van der Waals surface area contributed by atoms with Crippen molar-refractivity contribution in [1.82, 2.24) is 5.32 Å². The summed E-state index contributed by atoms with van der Waals surface area (Å²) in [6.07, 6.45) is 0.938. The average molecular weight is 318 g/mol. The fourth-order valence-corrected chi connectivity index (χ4v) is 2.60. The van der Waals surface area contributed by atoms with E-state index in [-0.39, 0.29) is 29.9 Å². The van der Waals surface area contributed by atoms with Crippen LogP contribution in [0, 0.1) is 5.92 Å². The van der Waals surface area contributed by atoms with Crippen LogP contribution in [0.3, 0.4) is 0 Å². The minimum Gasteiger partial charge on any atom is -0.385 e. The van der Waals surface area contributed by atoms with E-state index in [1.165, 1.54) is 6.92 Å². The molecular weight excluding hydrogens is 296 g/mol. The SMILES string of the molecule is COCCCNC(=O)C1CC(=O)N(c2cccc(C(C)=O)c2)C1. The van der Waals surface area contributed by atoms with E-state index in [1.807, 2.05) is 0 Å². The van der Waals surface area contributed by atoms with Crippen LogP contribution in [0.2, 0.25) is 0 Å². The highest BCUT2D eigenvalue weighted by atomic mass is 16.5. The van der Waals surface area contributed by atoms with Crippen molar-refractivity contribution >= 4 is 23.3 Å². The van der Waals surface area contributed by atoms with Gasteiger partial charge in [-0.2, -0.15) is 0 Å². The normalized spacial score (nSPS) is 17.4. The molecule has 0 spiro atoms. The molecule has 1 atom stereocenters. The van der Waals surface area contributed by atoms with E-state index in [2.05, 4.69) is 5.32 Å². The van der Waals surface area contributed by atoms with Gasteiger partial charge in [-0.05, 0) is 25.5 Å². The summed E-state index contributed by atoms with van der Waals surface area (Å²) in [5.74, 6) is -0.612. The lowest BCUT2D eigenvalue weighted by molar-refractivity contribution is -0.126. The van der Waals surface area contributed by atoms with Gasteiger partial charge >= 0.3 is 0 Å².